The molecule has 0 amide bonds. The van der Waals surface area contributed by atoms with Gasteiger partial charge in [0.1, 0.15) is 0 Å². The Balaban J connectivity index is 2.97. The summed E-state index contributed by atoms with van der Waals surface area (Å²) in [5.74, 6) is 3.51. The Hall–Kier alpha value is 0. The fourth-order valence-corrected chi connectivity index (χ4v) is 4.33. The fraction of sp³-hybridized carbons (Fsp3) is 1.00. The smallest absolute Gasteiger partial charge is 0.0208 e. The van der Waals surface area contributed by atoms with Crippen LogP contribution in [0.15, 0.2) is 0 Å². The average Bonchev–Trinajstić information content (AvgIpc) is 2.75. The summed E-state index contributed by atoms with van der Waals surface area (Å²) >= 11 is 0. The predicted octanol–water partition coefficient (Wildman–Crippen LogP) is 5.38. The Bertz CT molecular complexity index is 233. The molecule has 0 N–H and O–H groups in total. The Morgan fingerprint density at radius 1 is 1.19 bits per heavy atom. The third-order valence-electron chi connectivity index (χ3n) is 5.37. The summed E-state index contributed by atoms with van der Waals surface area (Å²) in [7, 11) is 0. The molecular weight excluding hydrogens is 192 g/mol. The third-order valence-corrected chi connectivity index (χ3v) is 5.37. The Morgan fingerprint density at radius 2 is 1.62 bits per heavy atom. The van der Waals surface area contributed by atoms with Crippen LogP contribution in [-0.2, 0) is 0 Å². The van der Waals surface area contributed by atoms with Crippen molar-refractivity contribution in [3.05, 3.63) is 0 Å². The maximum absolute atomic E-state index is 2.49. The summed E-state index contributed by atoms with van der Waals surface area (Å²) < 4.78 is 0. The van der Waals surface area contributed by atoms with Crippen LogP contribution in [0.4, 0.5) is 0 Å². The second-order valence-electron chi connectivity index (χ2n) is 7.58. The van der Waals surface area contributed by atoms with Crippen molar-refractivity contribution in [2.24, 2.45) is 34.5 Å². The molecule has 0 spiro atoms. The van der Waals surface area contributed by atoms with Gasteiger partial charge in [-0.2, -0.15) is 0 Å². The summed E-state index contributed by atoms with van der Waals surface area (Å²) in [6.07, 6.45) is 2.80. The standard InChI is InChI=1S/C16H32/c1-9-14(15(6,7)8)16(10-12(16)4)13(5)11(2)3/h11-14H,9-10H2,1-8H3. The highest BCUT2D eigenvalue weighted by Gasteiger charge is 2.61. The molecule has 16 heavy (non-hydrogen) atoms. The van der Waals surface area contributed by atoms with Crippen LogP contribution in [0.25, 0.3) is 0 Å². The molecule has 0 aromatic carbocycles. The monoisotopic (exact) mass is 224 g/mol. The largest absolute Gasteiger partial charge is 0.0651 e. The van der Waals surface area contributed by atoms with E-state index in [1.165, 1.54) is 12.8 Å². The molecule has 1 aliphatic rings. The van der Waals surface area contributed by atoms with Crippen LogP contribution in [0.5, 0.6) is 0 Å². The Kier molecular flexibility index (Phi) is 3.82. The first kappa shape index (κ1) is 14.1. The maximum Gasteiger partial charge on any atom is -0.0208 e. The molecule has 96 valence electrons. The van der Waals surface area contributed by atoms with E-state index in [1.54, 1.807) is 0 Å². The van der Waals surface area contributed by atoms with E-state index in [0.29, 0.717) is 10.8 Å². The first-order valence-electron chi connectivity index (χ1n) is 7.17. The van der Waals surface area contributed by atoms with Crippen LogP contribution in [-0.4, -0.2) is 0 Å². The van der Waals surface area contributed by atoms with Crippen molar-refractivity contribution in [2.75, 3.05) is 0 Å². The van der Waals surface area contributed by atoms with Crippen LogP contribution in [0, 0.1) is 34.5 Å². The lowest BCUT2D eigenvalue weighted by molar-refractivity contribution is 0.0593. The second-order valence-corrected chi connectivity index (χ2v) is 7.58. The van der Waals surface area contributed by atoms with Crippen molar-refractivity contribution < 1.29 is 0 Å². The van der Waals surface area contributed by atoms with E-state index in [-0.39, 0.29) is 0 Å². The minimum Gasteiger partial charge on any atom is -0.0651 e. The quantitative estimate of drug-likeness (QED) is 0.601. The van der Waals surface area contributed by atoms with E-state index >= 15 is 0 Å². The molecular formula is C16H32. The van der Waals surface area contributed by atoms with E-state index in [9.17, 15) is 0 Å². The molecule has 0 heterocycles. The van der Waals surface area contributed by atoms with Gasteiger partial charge in [-0.05, 0) is 40.9 Å². The molecule has 0 saturated heterocycles. The molecule has 1 aliphatic carbocycles. The van der Waals surface area contributed by atoms with Gasteiger partial charge in [-0.1, -0.05) is 61.8 Å². The molecule has 0 nitrogen and oxygen atoms in total. The van der Waals surface area contributed by atoms with E-state index in [2.05, 4.69) is 55.4 Å². The third kappa shape index (κ3) is 2.17. The van der Waals surface area contributed by atoms with Gasteiger partial charge in [0.25, 0.3) is 0 Å². The highest BCUT2D eigenvalue weighted by atomic mass is 14.7. The molecule has 0 bridgehead atoms. The minimum absolute atomic E-state index is 0.461. The highest BCUT2D eigenvalue weighted by molar-refractivity contribution is 5.09. The van der Waals surface area contributed by atoms with Crippen LogP contribution < -0.4 is 0 Å². The van der Waals surface area contributed by atoms with Crippen molar-refractivity contribution in [1.29, 1.82) is 0 Å². The maximum atomic E-state index is 2.49. The summed E-state index contributed by atoms with van der Waals surface area (Å²) in [6, 6.07) is 0. The van der Waals surface area contributed by atoms with Gasteiger partial charge in [0, 0.05) is 0 Å². The summed E-state index contributed by atoms with van der Waals surface area (Å²) in [4.78, 5) is 0. The molecule has 0 radical (unpaired) electrons. The van der Waals surface area contributed by atoms with Gasteiger partial charge < -0.3 is 0 Å². The zero-order valence-corrected chi connectivity index (χ0v) is 12.7. The molecule has 0 aromatic rings. The van der Waals surface area contributed by atoms with E-state index in [0.717, 1.165) is 23.7 Å². The molecule has 1 saturated carbocycles. The second kappa shape index (κ2) is 4.35. The van der Waals surface area contributed by atoms with Crippen LogP contribution in [0.2, 0.25) is 0 Å². The zero-order valence-electron chi connectivity index (χ0n) is 12.7. The molecule has 0 aromatic heterocycles. The first-order chi connectivity index (χ1) is 7.17. The zero-order chi connectivity index (χ0) is 12.7. The molecule has 0 heteroatoms. The van der Waals surface area contributed by atoms with Gasteiger partial charge in [0.2, 0.25) is 0 Å². The Morgan fingerprint density at radius 3 is 1.81 bits per heavy atom. The molecule has 1 rings (SSSR count). The van der Waals surface area contributed by atoms with E-state index < -0.39 is 0 Å². The predicted molar refractivity (Wildman–Crippen MR) is 73.5 cm³/mol. The van der Waals surface area contributed by atoms with Crippen molar-refractivity contribution in [3.8, 4) is 0 Å². The lowest BCUT2D eigenvalue weighted by Crippen LogP contribution is -2.36. The van der Waals surface area contributed by atoms with Gasteiger partial charge in [-0.15, -0.1) is 0 Å². The van der Waals surface area contributed by atoms with Gasteiger partial charge >= 0.3 is 0 Å². The fourth-order valence-electron chi connectivity index (χ4n) is 4.33. The Labute approximate surface area is 103 Å². The molecule has 1 fully saturated rings. The van der Waals surface area contributed by atoms with Crippen LogP contribution in [0.1, 0.15) is 68.2 Å². The number of rotatable bonds is 4. The van der Waals surface area contributed by atoms with Crippen molar-refractivity contribution in [1.82, 2.24) is 0 Å². The highest BCUT2D eigenvalue weighted by Crippen LogP contribution is 2.68. The number of hydrogen-bond acceptors (Lipinski definition) is 0. The van der Waals surface area contributed by atoms with Gasteiger partial charge in [0.15, 0.2) is 0 Å². The average molecular weight is 224 g/mol. The van der Waals surface area contributed by atoms with Gasteiger partial charge in [-0.3, -0.25) is 0 Å². The number of hydrogen-bond donors (Lipinski definition) is 0. The molecule has 4 unspecified atom stereocenters. The molecule has 0 aliphatic heterocycles. The van der Waals surface area contributed by atoms with Crippen LogP contribution >= 0.6 is 0 Å². The van der Waals surface area contributed by atoms with Gasteiger partial charge in [-0.25, -0.2) is 0 Å². The summed E-state index contributed by atoms with van der Waals surface area (Å²) in [5, 5.41) is 0. The lowest BCUT2D eigenvalue weighted by atomic mass is 9.62. The SMILES string of the molecule is CCC(C(C)(C)C)C1(C(C)C(C)C)CC1C. The topological polar surface area (TPSA) is 0 Å². The van der Waals surface area contributed by atoms with Crippen LogP contribution in [0.3, 0.4) is 0 Å². The minimum atomic E-state index is 0.461. The van der Waals surface area contributed by atoms with Crippen molar-refractivity contribution in [3.63, 3.8) is 0 Å². The van der Waals surface area contributed by atoms with Gasteiger partial charge in [0.05, 0.1) is 0 Å². The normalized spacial score (nSPS) is 33.9. The lowest BCUT2D eigenvalue weighted by Gasteiger charge is -2.42. The summed E-state index contributed by atoms with van der Waals surface area (Å²) in [5.41, 5.74) is 1.10. The van der Waals surface area contributed by atoms with Crippen molar-refractivity contribution in [2.45, 2.75) is 68.2 Å². The van der Waals surface area contributed by atoms with Crippen molar-refractivity contribution >= 4 is 0 Å². The first-order valence-corrected chi connectivity index (χ1v) is 7.17. The van der Waals surface area contributed by atoms with E-state index in [1.807, 2.05) is 0 Å². The van der Waals surface area contributed by atoms with E-state index in [4.69, 9.17) is 0 Å². The molecule has 4 atom stereocenters. The summed E-state index contributed by atoms with van der Waals surface area (Å²) in [6.45, 7) is 19.4.